The van der Waals surface area contributed by atoms with Gasteiger partial charge < -0.3 is 4.90 Å². The van der Waals surface area contributed by atoms with E-state index in [9.17, 15) is 4.39 Å². The summed E-state index contributed by atoms with van der Waals surface area (Å²) in [7, 11) is 4.21. The third-order valence-corrected chi connectivity index (χ3v) is 4.44. The zero-order valence-electron chi connectivity index (χ0n) is 12.8. The average molecular weight is 283 g/mol. The zero-order valence-corrected chi connectivity index (χ0v) is 12.8. The van der Waals surface area contributed by atoms with Crippen LogP contribution in [0.1, 0.15) is 34.6 Å². The second-order valence-corrected chi connectivity index (χ2v) is 6.28. The van der Waals surface area contributed by atoms with Crippen LogP contribution in [0.2, 0.25) is 0 Å². The number of halogens is 1. The SMILES string of the molecule is CN(C)CCC1Cc2cc(F)ccc2Cc2ccccc21. The highest BCUT2D eigenvalue weighted by atomic mass is 19.1. The van der Waals surface area contributed by atoms with Crippen LogP contribution in [0.15, 0.2) is 42.5 Å². The summed E-state index contributed by atoms with van der Waals surface area (Å²) < 4.78 is 13.6. The van der Waals surface area contributed by atoms with Crippen molar-refractivity contribution < 1.29 is 4.39 Å². The van der Waals surface area contributed by atoms with Crippen molar-refractivity contribution in [2.75, 3.05) is 20.6 Å². The first-order chi connectivity index (χ1) is 10.1. The van der Waals surface area contributed by atoms with Gasteiger partial charge in [-0.1, -0.05) is 30.3 Å². The molecule has 0 amide bonds. The minimum atomic E-state index is -0.119. The Balaban J connectivity index is 1.99. The fourth-order valence-electron chi connectivity index (χ4n) is 3.30. The second-order valence-electron chi connectivity index (χ2n) is 6.28. The van der Waals surface area contributed by atoms with E-state index in [0.29, 0.717) is 5.92 Å². The number of hydrogen-bond donors (Lipinski definition) is 0. The van der Waals surface area contributed by atoms with Gasteiger partial charge in [0.1, 0.15) is 5.82 Å². The summed E-state index contributed by atoms with van der Waals surface area (Å²) in [5.41, 5.74) is 5.29. The lowest BCUT2D eigenvalue weighted by atomic mass is 9.88. The van der Waals surface area contributed by atoms with Crippen LogP contribution in [0, 0.1) is 5.82 Å². The molecule has 2 heteroatoms. The summed E-state index contributed by atoms with van der Waals surface area (Å²) in [6.45, 7) is 1.06. The second kappa shape index (κ2) is 5.98. The normalized spacial score (nSPS) is 17.2. The molecule has 1 aliphatic rings. The Hall–Kier alpha value is -1.67. The molecule has 0 saturated carbocycles. The highest BCUT2D eigenvalue weighted by Gasteiger charge is 2.22. The smallest absolute Gasteiger partial charge is 0.123 e. The summed E-state index contributed by atoms with van der Waals surface area (Å²) in [5, 5.41) is 0. The van der Waals surface area contributed by atoms with Gasteiger partial charge in [0.15, 0.2) is 0 Å². The molecule has 0 heterocycles. The lowest BCUT2D eigenvalue weighted by molar-refractivity contribution is 0.380. The molecule has 2 aromatic rings. The van der Waals surface area contributed by atoms with E-state index in [-0.39, 0.29) is 5.82 Å². The molecule has 0 N–H and O–H groups in total. The maximum Gasteiger partial charge on any atom is 0.123 e. The summed E-state index contributed by atoms with van der Waals surface area (Å²) in [4.78, 5) is 2.22. The Labute approximate surface area is 126 Å². The van der Waals surface area contributed by atoms with E-state index in [4.69, 9.17) is 0 Å². The van der Waals surface area contributed by atoms with E-state index < -0.39 is 0 Å². The van der Waals surface area contributed by atoms with Crippen LogP contribution in [-0.2, 0) is 12.8 Å². The predicted octanol–water partition coefficient (Wildman–Crippen LogP) is 4.01. The van der Waals surface area contributed by atoms with Gasteiger partial charge in [-0.3, -0.25) is 0 Å². The van der Waals surface area contributed by atoms with Gasteiger partial charge in [0.25, 0.3) is 0 Å². The lowest BCUT2D eigenvalue weighted by Gasteiger charge is -2.20. The molecular formula is C19H22FN. The van der Waals surface area contributed by atoms with Gasteiger partial charge >= 0.3 is 0 Å². The molecule has 0 fully saturated rings. The van der Waals surface area contributed by atoms with Crippen LogP contribution in [0.5, 0.6) is 0 Å². The van der Waals surface area contributed by atoms with Gasteiger partial charge in [0.2, 0.25) is 0 Å². The molecule has 1 atom stereocenters. The monoisotopic (exact) mass is 283 g/mol. The molecule has 2 aromatic carbocycles. The minimum absolute atomic E-state index is 0.119. The molecule has 0 spiro atoms. The van der Waals surface area contributed by atoms with E-state index in [1.807, 2.05) is 6.07 Å². The summed E-state index contributed by atoms with van der Waals surface area (Å²) in [6.07, 6.45) is 2.97. The van der Waals surface area contributed by atoms with Gasteiger partial charge in [-0.25, -0.2) is 4.39 Å². The van der Waals surface area contributed by atoms with Crippen molar-refractivity contribution in [2.45, 2.75) is 25.2 Å². The minimum Gasteiger partial charge on any atom is -0.309 e. The highest BCUT2D eigenvalue weighted by Crippen LogP contribution is 2.34. The molecule has 1 nitrogen and oxygen atoms in total. The summed E-state index contributed by atoms with van der Waals surface area (Å²) in [6, 6.07) is 14.0. The molecule has 0 bridgehead atoms. The van der Waals surface area contributed by atoms with Gasteiger partial charge in [-0.2, -0.15) is 0 Å². The summed E-state index contributed by atoms with van der Waals surface area (Å²) in [5.74, 6) is 0.359. The van der Waals surface area contributed by atoms with Gasteiger partial charge in [-0.05, 0) is 80.2 Å². The Morgan fingerprint density at radius 1 is 1.05 bits per heavy atom. The van der Waals surface area contributed by atoms with Crippen molar-refractivity contribution in [3.05, 3.63) is 70.5 Å². The van der Waals surface area contributed by atoms with Crippen LogP contribution < -0.4 is 0 Å². The molecule has 1 aliphatic carbocycles. The average Bonchev–Trinajstić information content (AvgIpc) is 2.61. The first-order valence-electron chi connectivity index (χ1n) is 7.63. The predicted molar refractivity (Wildman–Crippen MR) is 85.3 cm³/mol. The Bertz CT molecular complexity index is 633. The van der Waals surface area contributed by atoms with Crippen molar-refractivity contribution >= 4 is 0 Å². The largest absolute Gasteiger partial charge is 0.309 e. The Kier molecular flexibility index (Phi) is 4.07. The number of benzene rings is 2. The first-order valence-corrected chi connectivity index (χ1v) is 7.63. The van der Waals surface area contributed by atoms with Crippen molar-refractivity contribution in [1.29, 1.82) is 0 Å². The van der Waals surface area contributed by atoms with Crippen LogP contribution in [-0.4, -0.2) is 25.5 Å². The molecule has 0 radical (unpaired) electrons. The standard InChI is InChI=1S/C19H22FN/c1-21(2)10-9-16-12-17-13-18(20)8-7-14(17)11-15-5-3-4-6-19(15)16/h3-8,13,16H,9-12H2,1-2H3. The molecule has 0 saturated heterocycles. The number of fused-ring (bicyclic) bond motifs is 2. The molecule has 21 heavy (non-hydrogen) atoms. The highest BCUT2D eigenvalue weighted by molar-refractivity contribution is 5.42. The van der Waals surface area contributed by atoms with Crippen molar-refractivity contribution in [2.24, 2.45) is 0 Å². The molecule has 3 rings (SSSR count). The zero-order chi connectivity index (χ0) is 14.8. The van der Waals surface area contributed by atoms with Crippen LogP contribution >= 0.6 is 0 Å². The molecule has 1 unspecified atom stereocenters. The Morgan fingerprint density at radius 2 is 1.86 bits per heavy atom. The number of rotatable bonds is 3. The molecule has 0 aromatic heterocycles. The molecular weight excluding hydrogens is 261 g/mol. The quantitative estimate of drug-likeness (QED) is 0.822. The maximum absolute atomic E-state index is 13.6. The van der Waals surface area contributed by atoms with Gasteiger partial charge in [-0.15, -0.1) is 0 Å². The third-order valence-electron chi connectivity index (χ3n) is 4.44. The molecule has 110 valence electrons. The van der Waals surface area contributed by atoms with Crippen LogP contribution in [0.25, 0.3) is 0 Å². The van der Waals surface area contributed by atoms with E-state index in [2.05, 4.69) is 43.3 Å². The fourth-order valence-corrected chi connectivity index (χ4v) is 3.30. The maximum atomic E-state index is 13.6. The lowest BCUT2D eigenvalue weighted by Crippen LogP contribution is -2.17. The topological polar surface area (TPSA) is 3.24 Å². The van der Waals surface area contributed by atoms with Gasteiger partial charge in [0.05, 0.1) is 0 Å². The Morgan fingerprint density at radius 3 is 2.67 bits per heavy atom. The van der Waals surface area contributed by atoms with Crippen LogP contribution in [0.4, 0.5) is 4.39 Å². The van der Waals surface area contributed by atoms with Crippen molar-refractivity contribution in [3.63, 3.8) is 0 Å². The fraction of sp³-hybridized carbons (Fsp3) is 0.368. The van der Waals surface area contributed by atoms with E-state index in [1.54, 1.807) is 12.1 Å². The summed E-state index contributed by atoms with van der Waals surface area (Å²) >= 11 is 0. The van der Waals surface area contributed by atoms with Crippen molar-refractivity contribution in [1.82, 2.24) is 4.90 Å². The van der Waals surface area contributed by atoms with Crippen molar-refractivity contribution in [3.8, 4) is 0 Å². The molecule has 0 aliphatic heterocycles. The van der Waals surface area contributed by atoms with Gasteiger partial charge in [0, 0.05) is 0 Å². The number of nitrogens with zero attached hydrogens (tertiary/aromatic N) is 1. The number of hydrogen-bond acceptors (Lipinski definition) is 1. The van der Waals surface area contributed by atoms with Crippen LogP contribution in [0.3, 0.4) is 0 Å². The first kappa shape index (κ1) is 14.3. The van der Waals surface area contributed by atoms with E-state index in [1.165, 1.54) is 22.3 Å². The van der Waals surface area contributed by atoms with E-state index in [0.717, 1.165) is 25.8 Å². The van der Waals surface area contributed by atoms with E-state index >= 15 is 0 Å². The third kappa shape index (κ3) is 3.16.